The van der Waals surface area contributed by atoms with Gasteiger partial charge < -0.3 is 5.32 Å². The minimum Gasteiger partial charge on any atom is -0.322 e. The highest BCUT2D eigenvalue weighted by atomic mass is 32.2. The second-order valence-electron chi connectivity index (χ2n) is 7.23. The molecule has 1 heterocycles. The van der Waals surface area contributed by atoms with E-state index in [9.17, 15) is 13.2 Å². The van der Waals surface area contributed by atoms with Crippen molar-refractivity contribution in [3.8, 4) is 5.69 Å². The van der Waals surface area contributed by atoms with Crippen molar-refractivity contribution >= 4 is 39.1 Å². The molecule has 0 atom stereocenters. The van der Waals surface area contributed by atoms with Gasteiger partial charge in [-0.2, -0.15) is 0 Å². The van der Waals surface area contributed by atoms with E-state index < -0.39 is 10.0 Å². The Morgan fingerprint density at radius 3 is 2.42 bits per heavy atom. The van der Waals surface area contributed by atoms with E-state index >= 15 is 0 Å². The SMILES string of the molecule is CSc1nccn1-c1ccc(C(=O)Nc2ccc(C)c(NS(=O)(=O)c3ccccc3)c2)cc1. The first-order chi connectivity index (χ1) is 15.9. The van der Waals surface area contributed by atoms with Crippen molar-refractivity contribution in [2.75, 3.05) is 16.3 Å². The van der Waals surface area contributed by atoms with Crippen LogP contribution in [0.4, 0.5) is 11.4 Å². The first kappa shape index (κ1) is 22.6. The lowest BCUT2D eigenvalue weighted by molar-refractivity contribution is 0.102. The number of aromatic nitrogens is 2. The summed E-state index contributed by atoms with van der Waals surface area (Å²) < 4.78 is 29.9. The molecule has 1 amide bonds. The molecule has 2 N–H and O–H groups in total. The fourth-order valence-electron chi connectivity index (χ4n) is 3.23. The number of anilines is 2. The predicted molar refractivity (Wildman–Crippen MR) is 132 cm³/mol. The van der Waals surface area contributed by atoms with Gasteiger partial charge in [-0.3, -0.25) is 14.1 Å². The van der Waals surface area contributed by atoms with Gasteiger partial charge in [0.1, 0.15) is 0 Å². The van der Waals surface area contributed by atoms with E-state index in [1.807, 2.05) is 29.2 Å². The number of sulfonamides is 1. The Balaban J connectivity index is 1.51. The Bertz CT molecular complexity index is 1380. The van der Waals surface area contributed by atoms with E-state index in [1.54, 1.807) is 61.7 Å². The molecule has 0 fully saturated rings. The molecule has 0 saturated heterocycles. The number of amides is 1. The molecule has 0 unspecified atom stereocenters. The van der Waals surface area contributed by atoms with Crippen LogP contribution in [0.2, 0.25) is 0 Å². The summed E-state index contributed by atoms with van der Waals surface area (Å²) in [5, 5.41) is 3.69. The summed E-state index contributed by atoms with van der Waals surface area (Å²) in [5.41, 5.74) is 3.01. The molecule has 0 aliphatic rings. The van der Waals surface area contributed by atoms with Crippen LogP contribution in [0.3, 0.4) is 0 Å². The number of thioether (sulfide) groups is 1. The standard InChI is InChI=1S/C24H22N4O3S2/c1-17-8-11-19(16-22(17)27-33(30,31)21-6-4-3-5-7-21)26-23(29)18-9-12-20(13-10-18)28-15-14-25-24(28)32-2/h3-16,27H,1-2H3,(H,26,29). The highest BCUT2D eigenvalue weighted by molar-refractivity contribution is 7.98. The topological polar surface area (TPSA) is 93.1 Å². The molecule has 0 bridgehead atoms. The largest absolute Gasteiger partial charge is 0.322 e. The number of hydrogen-bond donors (Lipinski definition) is 2. The number of nitrogens with zero attached hydrogens (tertiary/aromatic N) is 2. The average molecular weight is 479 g/mol. The van der Waals surface area contributed by atoms with Gasteiger partial charge in [-0.05, 0) is 67.3 Å². The van der Waals surface area contributed by atoms with Crippen LogP contribution in [-0.2, 0) is 10.0 Å². The van der Waals surface area contributed by atoms with Gasteiger partial charge in [-0.1, -0.05) is 36.0 Å². The van der Waals surface area contributed by atoms with Gasteiger partial charge in [0.15, 0.2) is 5.16 Å². The van der Waals surface area contributed by atoms with E-state index in [4.69, 9.17) is 0 Å². The van der Waals surface area contributed by atoms with Crippen LogP contribution in [0.25, 0.3) is 5.69 Å². The van der Waals surface area contributed by atoms with E-state index in [-0.39, 0.29) is 10.8 Å². The summed E-state index contributed by atoms with van der Waals surface area (Å²) in [7, 11) is -3.74. The molecule has 0 aliphatic heterocycles. The number of imidazole rings is 1. The smallest absolute Gasteiger partial charge is 0.261 e. The maximum Gasteiger partial charge on any atom is 0.261 e. The van der Waals surface area contributed by atoms with Crippen molar-refractivity contribution in [2.24, 2.45) is 0 Å². The average Bonchev–Trinajstić information content (AvgIpc) is 3.31. The summed E-state index contributed by atoms with van der Waals surface area (Å²) >= 11 is 1.54. The van der Waals surface area contributed by atoms with Gasteiger partial charge in [0.05, 0.1) is 10.6 Å². The van der Waals surface area contributed by atoms with Gasteiger partial charge in [0.25, 0.3) is 15.9 Å². The number of nitrogens with one attached hydrogen (secondary N) is 2. The Kier molecular flexibility index (Phi) is 6.52. The zero-order chi connectivity index (χ0) is 23.4. The van der Waals surface area contributed by atoms with E-state index in [0.29, 0.717) is 16.9 Å². The third-order valence-electron chi connectivity index (χ3n) is 4.99. The number of hydrogen-bond acceptors (Lipinski definition) is 5. The zero-order valence-electron chi connectivity index (χ0n) is 18.0. The summed E-state index contributed by atoms with van der Waals surface area (Å²) in [6.45, 7) is 1.80. The zero-order valence-corrected chi connectivity index (χ0v) is 19.7. The van der Waals surface area contributed by atoms with Crippen molar-refractivity contribution in [3.05, 3.63) is 96.3 Å². The molecule has 168 valence electrons. The van der Waals surface area contributed by atoms with Gasteiger partial charge in [0.2, 0.25) is 0 Å². The fraction of sp³-hybridized carbons (Fsp3) is 0.0833. The molecule has 1 aromatic heterocycles. The van der Waals surface area contributed by atoms with Crippen molar-refractivity contribution in [3.63, 3.8) is 0 Å². The summed E-state index contributed by atoms with van der Waals surface area (Å²) in [6, 6.07) is 20.4. The molecule has 0 spiro atoms. The molecular weight excluding hydrogens is 456 g/mol. The number of carbonyl (C=O) groups excluding carboxylic acids is 1. The molecular formula is C24H22N4O3S2. The van der Waals surface area contributed by atoms with Crippen LogP contribution >= 0.6 is 11.8 Å². The molecule has 4 rings (SSSR count). The van der Waals surface area contributed by atoms with Crippen LogP contribution in [0.5, 0.6) is 0 Å². The molecule has 4 aromatic rings. The molecule has 9 heteroatoms. The van der Waals surface area contributed by atoms with Gasteiger partial charge >= 0.3 is 0 Å². The Morgan fingerprint density at radius 2 is 1.73 bits per heavy atom. The molecule has 0 saturated carbocycles. The van der Waals surface area contributed by atoms with E-state index in [1.165, 1.54) is 23.9 Å². The third kappa shape index (κ3) is 5.10. The highest BCUT2D eigenvalue weighted by Crippen LogP contribution is 2.24. The van der Waals surface area contributed by atoms with Crippen LogP contribution in [-0.4, -0.2) is 30.1 Å². The van der Waals surface area contributed by atoms with E-state index in [2.05, 4.69) is 15.0 Å². The number of carbonyl (C=O) groups is 1. The first-order valence-corrected chi connectivity index (χ1v) is 12.8. The molecule has 33 heavy (non-hydrogen) atoms. The summed E-state index contributed by atoms with van der Waals surface area (Å²) in [5.74, 6) is -0.294. The number of benzene rings is 3. The minimum absolute atomic E-state index is 0.168. The Morgan fingerprint density at radius 1 is 1.00 bits per heavy atom. The lowest BCUT2D eigenvalue weighted by atomic mass is 10.1. The second-order valence-corrected chi connectivity index (χ2v) is 9.69. The maximum atomic E-state index is 12.8. The van der Waals surface area contributed by atoms with E-state index in [0.717, 1.165) is 16.4 Å². The van der Waals surface area contributed by atoms with Crippen LogP contribution in [0.1, 0.15) is 15.9 Å². The predicted octanol–water partition coefficient (Wildman–Crippen LogP) is 4.96. The lowest BCUT2D eigenvalue weighted by Crippen LogP contribution is -2.15. The molecule has 3 aromatic carbocycles. The highest BCUT2D eigenvalue weighted by Gasteiger charge is 2.16. The maximum absolute atomic E-state index is 12.8. The Hall–Kier alpha value is -3.56. The third-order valence-corrected chi connectivity index (χ3v) is 7.04. The van der Waals surface area contributed by atoms with Crippen LogP contribution in [0.15, 0.2) is 95.2 Å². The monoisotopic (exact) mass is 478 g/mol. The number of aryl methyl sites for hydroxylation is 1. The molecule has 7 nitrogen and oxygen atoms in total. The fourth-order valence-corrected chi connectivity index (χ4v) is 4.90. The molecule has 0 aliphatic carbocycles. The summed E-state index contributed by atoms with van der Waals surface area (Å²) in [4.78, 5) is 17.2. The Labute approximate surface area is 196 Å². The normalized spacial score (nSPS) is 11.2. The number of rotatable bonds is 7. The van der Waals surface area contributed by atoms with Crippen molar-refractivity contribution in [1.29, 1.82) is 0 Å². The first-order valence-electron chi connectivity index (χ1n) is 10.0. The minimum atomic E-state index is -3.74. The van der Waals surface area contributed by atoms with Crippen molar-refractivity contribution < 1.29 is 13.2 Å². The van der Waals surface area contributed by atoms with Crippen molar-refractivity contribution in [1.82, 2.24) is 9.55 Å². The van der Waals surface area contributed by atoms with Crippen LogP contribution in [0, 0.1) is 6.92 Å². The van der Waals surface area contributed by atoms with Crippen LogP contribution < -0.4 is 10.0 Å². The molecule has 0 radical (unpaired) electrons. The summed E-state index contributed by atoms with van der Waals surface area (Å²) in [6.07, 6.45) is 5.55. The van der Waals surface area contributed by atoms with Gasteiger partial charge in [-0.25, -0.2) is 13.4 Å². The van der Waals surface area contributed by atoms with Crippen molar-refractivity contribution in [2.45, 2.75) is 17.0 Å². The quantitative estimate of drug-likeness (QED) is 0.367. The lowest BCUT2D eigenvalue weighted by Gasteiger charge is -2.13. The second kappa shape index (κ2) is 9.51. The van der Waals surface area contributed by atoms with Gasteiger partial charge in [0, 0.05) is 29.3 Å². The van der Waals surface area contributed by atoms with Gasteiger partial charge in [-0.15, -0.1) is 0 Å².